The number of aryl methyl sites for hydroxylation is 1. The van der Waals surface area contributed by atoms with Crippen LogP contribution in [0.3, 0.4) is 0 Å². The lowest BCUT2D eigenvalue weighted by Gasteiger charge is -2.09. The monoisotopic (exact) mass is 321 g/mol. The van der Waals surface area contributed by atoms with Gasteiger partial charge >= 0.3 is 0 Å². The summed E-state index contributed by atoms with van der Waals surface area (Å²) in [5.74, 6) is 0.540. The van der Waals surface area contributed by atoms with Gasteiger partial charge in [-0.2, -0.15) is 0 Å². The van der Waals surface area contributed by atoms with Crippen LogP contribution in [-0.4, -0.2) is 16.5 Å². The smallest absolute Gasteiger partial charge is 0.225 e. The van der Waals surface area contributed by atoms with Gasteiger partial charge in [0.05, 0.1) is 5.39 Å². The molecular weight excluding hydrogens is 309 g/mol. The molecule has 3 aromatic rings. The number of rotatable bonds is 4. The van der Waals surface area contributed by atoms with Gasteiger partial charge in [-0.05, 0) is 59.7 Å². The van der Waals surface area contributed by atoms with Crippen molar-refractivity contribution in [2.75, 3.05) is 11.9 Å². The van der Waals surface area contributed by atoms with Crippen LogP contribution in [0.15, 0.2) is 29.6 Å². The maximum Gasteiger partial charge on any atom is 0.225 e. The zero-order chi connectivity index (χ0) is 14.8. The Labute approximate surface area is 130 Å². The molecule has 0 spiro atoms. The van der Waals surface area contributed by atoms with E-state index in [0.29, 0.717) is 6.54 Å². The first-order chi connectivity index (χ1) is 10.1. The molecule has 21 heavy (non-hydrogen) atoms. The Balaban J connectivity index is 1.73. The number of aromatic nitrogens is 2. The van der Waals surface area contributed by atoms with Crippen LogP contribution in [0.2, 0.25) is 5.28 Å². The molecule has 0 radical (unpaired) electrons. The fraction of sp³-hybridized carbons (Fsp3) is 0.200. The van der Waals surface area contributed by atoms with Crippen molar-refractivity contribution >= 4 is 39.0 Å². The van der Waals surface area contributed by atoms with E-state index in [1.807, 2.05) is 24.4 Å². The van der Waals surface area contributed by atoms with Gasteiger partial charge in [-0.25, -0.2) is 14.4 Å². The molecule has 0 amide bonds. The number of fused-ring (bicyclic) bond motifs is 1. The van der Waals surface area contributed by atoms with Crippen LogP contribution in [0.25, 0.3) is 10.2 Å². The van der Waals surface area contributed by atoms with Crippen molar-refractivity contribution < 1.29 is 4.39 Å². The number of hydrogen-bond donors (Lipinski definition) is 1. The Morgan fingerprint density at radius 2 is 2.14 bits per heavy atom. The molecule has 0 unspecified atom stereocenters. The average Bonchev–Trinajstić information content (AvgIpc) is 2.89. The molecule has 2 heterocycles. The van der Waals surface area contributed by atoms with E-state index in [0.717, 1.165) is 33.6 Å². The molecule has 1 aromatic carbocycles. The number of benzene rings is 1. The molecule has 0 saturated heterocycles. The van der Waals surface area contributed by atoms with Gasteiger partial charge in [-0.1, -0.05) is 6.07 Å². The first-order valence-corrected chi connectivity index (χ1v) is 7.79. The van der Waals surface area contributed by atoms with Crippen molar-refractivity contribution in [1.29, 1.82) is 0 Å². The van der Waals surface area contributed by atoms with Crippen molar-refractivity contribution in [3.05, 3.63) is 51.9 Å². The third kappa shape index (κ3) is 3.14. The van der Waals surface area contributed by atoms with Crippen molar-refractivity contribution in [1.82, 2.24) is 9.97 Å². The molecule has 1 N–H and O–H groups in total. The second-order valence-electron chi connectivity index (χ2n) is 4.73. The van der Waals surface area contributed by atoms with Gasteiger partial charge in [0.25, 0.3) is 0 Å². The number of nitrogens with zero attached hydrogens (tertiary/aromatic N) is 2. The van der Waals surface area contributed by atoms with Gasteiger partial charge in [0, 0.05) is 6.54 Å². The van der Waals surface area contributed by atoms with Gasteiger partial charge in [-0.3, -0.25) is 0 Å². The van der Waals surface area contributed by atoms with Crippen LogP contribution in [-0.2, 0) is 6.42 Å². The van der Waals surface area contributed by atoms with E-state index in [9.17, 15) is 4.39 Å². The number of thiophene rings is 1. The second kappa shape index (κ2) is 5.95. The predicted octanol–water partition coefficient (Wildman–Crippen LogP) is 4.45. The maximum absolute atomic E-state index is 13.1. The summed E-state index contributed by atoms with van der Waals surface area (Å²) in [6.07, 6.45) is 0.791. The Morgan fingerprint density at radius 1 is 1.29 bits per heavy atom. The molecular formula is C15H13ClFN3S. The van der Waals surface area contributed by atoms with Crippen LogP contribution in [0, 0.1) is 12.7 Å². The van der Waals surface area contributed by atoms with Gasteiger partial charge in [-0.15, -0.1) is 11.3 Å². The highest BCUT2D eigenvalue weighted by Crippen LogP contribution is 2.26. The molecule has 0 bridgehead atoms. The highest BCUT2D eigenvalue weighted by atomic mass is 35.5. The molecule has 0 saturated carbocycles. The standard InChI is InChI=1S/C15H13ClFN3S/c1-9-8-11(17)3-2-10(9)4-6-18-13-12-5-7-21-14(12)20-15(16)19-13/h2-3,5,7-8H,4,6H2,1H3,(H,18,19,20). The zero-order valence-corrected chi connectivity index (χ0v) is 12.9. The lowest BCUT2D eigenvalue weighted by Crippen LogP contribution is -2.08. The van der Waals surface area contributed by atoms with E-state index in [1.54, 1.807) is 6.07 Å². The van der Waals surface area contributed by atoms with Crippen LogP contribution >= 0.6 is 22.9 Å². The fourth-order valence-corrected chi connectivity index (χ4v) is 3.20. The van der Waals surface area contributed by atoms with Gasteiger partial charge in [0.1, 0.15) is 16.5 Å². The lowest BCUT2D eigenvalue weighted by molar-refractivity contribution is 0.625. The normalized spacial score (nSPS) is 11.0. The molecule has 0 fully saturated rings. The predicted molar refractivity (Wildman–Crippen MR) is 85.8 cm³/mol. The van der Waals surface area contributed by atoms with Crippen molar-refractivity contribution in [3.8, 4) is 0 Å². The minimum Gasteiger partial charge on any atom is -0.369 e. The molecule has 2 aromatic heterocycles. The van der Waals surface area contributed by atoms with Gasteiger partial charge < -0.3 is 5.32 Å². The van der Waals surface area contributed by atoms with Gasteiger partial charge in [0.15, 0.2) is 0 Å². The molecule has 6 heteroatoms. The summed E-state index contributed by atoms with van der Waals surface area (Å²) in [5, 5.41) is 6.46. The molecule has 0 aliphatic heterocycles. The number of nitrogens with one attached hydrogen (secondary N) is 1. The maximum atomic E-state index is 13.1. The van der Waals surface area contributed by atoms with Crippen molar-refractivity contribution in [2.24, 2.45) is 0 Å². The molecule has 0 atom stereocenters. The van der Waals surface area contributed by atoms with E-state index < -0.39 is 0 Å². The summed E-state index contributed by atoms with van der Waals surface area (Å²) in [6, 6.07) is 6.83. The van der Waals surface area contributed by atoms with Crippen LogP contribution in [0.5, 0.6) is 0 Å². The zero-order valence-electron chi connectivity index (χ0n) is 11.4. The number of halogens is 2. The highest BCUT2D eigenvalue weighted by molar-refractivity contribution is 7.16. The SMILES string of the molecule is Cc1cc(F)ccc1CCNc1nc(Cl)nc2sccc12. The summed E-state index contributed by atoms with van der Waals surface area (Å²) in [5.41, 5.74) is 2.07. The Hall–Kier alpha value is -1.72. The van der Waals surface area contributed by atoms with E-state index >= 15 is 0 Å². The van der Waals surface area contributed by atoms with E-state index in [2.05, 4.69) is 15.3 Å². The molecule has 108 valence electrons. The molecule has 3 nitrogen and oxygen atoms in total. The molecule has 0 aliphatic carbocycles. The minimum atomic E-state index is -0.202. The first kappa shape index (κ1) is 14.2. The third-order valence-electron chi connectivity index (χ3n) is 3.29. The minimum absolute atomic E-state index is 0.202. The van der Waals surface area contributed by atoms with Crippen LogP contribution in [0.1, 0.15) is 11.1 Å². The van der Waals surface area contributed by atoms with Crippen molar-refractivity contribution in [3.63, 3.8) is 0 Å². The van der Waals surface area contributed by atoms with E-state index in [1.165, 1.54) is 17.4 Å². The molecule has 3 rings (SSSR count). The lowest BCUT2D eigenvalue weighted by atomic mass is 10.1. The number of hydrogen-bond acceptors (Lipinski definition) is 4. The largest absolute Gasteiger partial charge is 0.369 e. The Kier molecular flexibility index (Phi) is 4.03. The van der Waals surface area contributed by atoms with Crippen LogP contribution in [0.4, 0.5) is 10.2 Å². The fourth-order valence-electron chi connectivity index (χ4n) is 2.22. The van der Waals surface area contributed by atoms with E-state index in [4.69, 9.17) is 11.6 Å². The summed E-state index contributed by atoms with van der Waals surface area (Å²) >= 11 is 7.45. The van der Waals surface area contributed by atoms with Crippen LogP contribution < -0.4 is 5.32 Å². The topological polar surface area (TPSA) is 37.8 Å². The summed E-state index contributed by atoms with van der Waals surface area (Å²) in [4.78, 5) is 9.28. The quantitative estimate of drug-likeness (QED) is 0.722. The summed E-state index contributed by atoms with van der Waals surface area (Å²) in [6.45, 7) is 2.61. The summed E-state index contributed by atoms with van der Waals surface area (Å²) in [7, 11) is 0. The van der Waals surface area contributed by atoms with E-state index in [-0.39, 0.29) is 11.1 Å². The Morgan fingerprint density at radius 3 is 2.95 bits per heavy atom. The molecule has 0 aliphatic rings. The van der Waals surface area contributed by atoms with Gasteiger partial charge in [0.2, 0.25) is 5.28 Å². The Bertz CT molecular complexity index is 788. The average molecular weight is 322 g/mol. The first-order valence-electron chi connectivity index (χ1n) is 6.53. The van der Waals surface area contributed by atoms with Crippen molar-refractivity contribution in [2.45, 2.75) is 13.3 Å². The summed E-state index contributed by atoms with van der Waals surface area (Å²) < 4.78 is 13.1. The second-order valence-corrected chi connectivity index (χ2v) is 5.96. The number of anilines is 1. The highest BCUT2D eigenvalue weighted by Gasteiger charge is 2.07. The third-order valence-corrected chi connectivity index (χ3v) is 4.26.